The largest absolute Gasteiger partial charge is 0.461 e. The molecule has 0 aliphatic carbocycles. The average Bonchev–Trinajstić information content (AvgIpc) is 3.16. The summed E-state index contributed by atoms with van der Waals surface area (Å²) in [6.45, 7) is 0. The first-order valence-electron chi connectivity index (χ1n) is 8.97. The SMILES string of the molecule is N.O=C1/C(=C/c2cccnc2)Oc2ccccc21.OC#CC#CC#CC#CC#CC#CC#CO. The minimum Gasteiger partial charge on any atom is -0.461 e. The molecule has 0 saturated heterocycles. The number of allylic oxidation sites excluding steroid dienone is 1. The zero-order valence-electron chi connectivity index (χ0n) is 17.6. The third kappa shape index (κ3) is 9.25. The molecule has 6 nitrogen and oxygen atoms in total. The summed E-state index contributed by atoms with van der Waals surface area (Å²) in [4.78, 5) is 16.0. The Bertz CT molecular complexity index is 1450. The van der Waals surface area contributed by atoms with Crippen LogP contribution in [0.25, 0.3) is 6.08 Å². The zero-order valence-corrected chi connectivity index (χ0v) is 17.6. The molecule has 0 radical (unpaired) electrons. The smallest absolute Gasteiger partial charge is 0.231 e. The first kappa shape index (κ1) is 26.1. The number of rotatable bonds is 1. The lowest BCUT2D eigenvalue weighted by Crippen LogP contribution is -1.97. The number of ketones is 1. The molecule has 2 aromatic rings. The highest BCUT2D eigenvalue weighted by molar-refractivity contribution is 6.14. The normalized spacial score (nSPS) is 9.65. The number of hydrogen-bond donors (Lipinski definition) is 3. The van der Waals surface area contributed by atoms with Crippen LogP contribution in [0.3, 0.4) is 0 Å². The number of fused-ring (bicyclic) bond motifs is 1. The lowest BCUT2D eigenvalue weighted by Gasteiger charge is -1.97. The monoisotopic (exact) mass is 442 g/mol. The molecule has 1 aromatic carbocycles. The van der Waals surface area contributed by atoms with Crippen molar-refractivity contribution in [3.05, 3.63) is 65.7 Å². The van der Waals surface area contributed by atoms with E-state index in [1.165, 1.54) is 0 Å². The number of aromatic nitrogens is 1. The maximum Gasteiger partial charge on any atom is 0.231 e. The van der Waals surface area contributed by atoms with Crippen molar-refractivity contribution in [2.24, 2.45) is 0 Å². The Balaban J connectivity index is 0.000000332. The Kier molecular flexibility index (Phi) is 12.2. The van der Waals surface area contributed by atoms with Gasteiger partial charge in [-0.25, -0.2) is 0 Å². The molecule has 1 aromatic heterocycles. The zero-order chi connectivity index (χ0) is 23.6. The molecule has 0 atom stereocenters. The highest BCUT2D eigenvalue weighted by Crippen LogP contribution is 2.31. The molecule has 0 bridgehead atoms. The van der Waals surface area contributed by atoms with Gasteiger partial charge in [0.25, 0.3) is 0 Å². The highest BCUT2D eigenvalue weighted by Gasteiger charge is 2.26. The van der Waals surface area contributed by atoms with E-state index in [0.717, 1.165) is 5.56 Å². The van der Waals surface area contributed by atoms with Crippen LogP contribution in [0.5, 0.6) is 5.75 Å². The van der Waals surface area contributed by atoms with E-state index in [1.807, 2.05) is 24.3 Å². The summed E-state index contributed by atoms with van der Waals surface area (Å²) in [5.41, 5.74) is 1.46. The van der Waals surface area contributed by atoms with Crippen LogP contribution in [-0.4, -0.2) is 21.0 Å². The lowest BCUT2D eigenvalue weighted by atomic mass is 10.1. The van der Waals surface area contributed by atoms with E-state index < -0.39 is 0 Å². The molecule has 1 aliphatic heterocycles. The van der Waals surface area contributed by atoms with Gasteiger partial charge in [0.2, 0.25) is 5.78 Å². The number of carbonyl (C=O) groups excluding carboxylic acids is 1. The molecule has 0 spiro atoms. The van der Waals surface area contributed by atoms with E-state index in [2.05, 4.69) is 76.0 Å². The number of pyridine rings is 1. The van der Waals surface area contributed by atoms with Gasteiger partial charge in [-0.1, -0.05) is 18.2 Å². The summed E-state index contributed by atoms with van der Waals surface area (Å²) in [6.07, 6.45) is 8.30. The molecular weight excluding hydrogens is 428 g/mol. The third-order valence-electron chi connectivity index (χ3n) is 3.36. The Hall–Kier alpha value is -5.94. The topological polar surface area (TPSA) is 115 Å². The van der Waals surface area contributed by atoms with Crippen LogP contribution in [0.4, 0.5) is 0 Å². The van der Waals surface area contributed by atoms with Crippen molar-refractivity contribution in [2.45, 2.75) is 0 Å². The van der Waals surface area contributed by atoms with Gasteiger partial charge >= 0.3 is 0 Å². The number of para-hydroxylation sites is 1. The standard InChI is InChI=1S/C14H9NO2.C14H2O2.H3N/c16-14-11-5-1-2-6-12(11)17-13(14)8-10-4-3-7-15-9-10;15-13-11-9-7-5-3-1-2-4-6-8-10-12-14-16;/h1-9H;15-16H;1H3/b13-8-;;. The Morgan fingerprint density at radius 1 is 0.735 bits per heavy atom. The van der Waals surface area contributed by atoms with E-state index in [-0.39, 0.29) is 11.9 Å². The number of aliphatic hydroxyl groups is 2. The molecular formula is C28H14N2O4. The van der Waals surface area contributed by atoms with Gasteiger partial charge in [0.1, 0.15) is 18.0 Å². The van der Waals surface area contributed by atoms with Gasteiger partial charge in [-0.05, 0) is 29.8 Å². The van der Waals surface area contributed by atoms with Crippen LogP contribution in [0.1, 0.15) is 15.9 Å². The number of hydrogen-bond acceptors (Lipinski definition) is 6. The lowest BCUT2D eigenvalue weighted by molar-refractivity contribution is 0.101. The minimum atomic E-state index is -0.0792. The van der Waals surface area contributed by atoms with Crippen LogP contribution in [0.2, 0.25) is 0 Å². The molecule has 2 heterocycles. The quantitative estimate of drug-likeness (QED) is 0.462. The molecule has 0 saturated carbocycles. The summed E-state index contributed by atoms with van der Waals surface area (Å²) < 4.78 is 5.51. The number of nitrogens with zero attached hydrogens (tertiary/aromatic N) is 1. The Morgan fingerprint density at radius 2 is 1.26 bits per heavy atom. The van der Waals surface area contributed by atoms with Gasteiger partial charge in [-0.3, -0.25) is 9.78 Å². The fourth-order valence-corrected chi connectivity index (χ4v) is 2.12. The summed E-state index contributed by atoms with van der Waals surface area (Å²) in [6, 6.07) is 10.9. The van der Waals surface area contributed by atoms with Gasteiger partial charge in [-0.15, -0.1) is 0 Å². The fraction of sp³-hybridized carbons (Fsp3) is 0. The first-order chi connectivity index (χ1) is 16.3. The maximum absolute atomic E-state index is 12.0. The van der Waals surface area contributed by atoms with Crippen LogP contribution in [0.15, 0.2) is 54.6 Å². The molecule has 0 fully saturated rings. The van der Waals surface area contributed by atoms with Crippen molar-refractivity contribution in [2.75, 3.05) is 0 Å². The Labute approximate surface area is 197 Å². The second-order valence-electron chi connectivity index (χ2n) is 5.45. The second kappa shape index (κ2) is 15.8. The van der Waals surface area contributed by atoms with Crippen LogP contribution in [0, 0.1) is 83.3 Å². The summed E-state index contributed by atoms with van der Waals surface area (Å²) in [5, 5.41) is 16.1. The first-order valence-corrected chi connectivity index (χ1v) is 8.97. The third-order valence-corrected chi connectivity index (χ3v) is 3.36. The fourth-order valence-electron chi connectivity index (χ4n) is 2.12. The number of carbonyl (C=O) groups is 1. The van der Waals surface area contributed by atoms with E-state index in [0.29, 0.717) is 17.1 Å². The predicted molar refractivity (Wildman–Crippen MR) is 127 cm³/mol. The molecule has 3 rings (SSSR count). The molecule has 5 N–H and O–H groups in total. The number of ether oxygens (including phenoxy) is 1. The van der Waals surface area contributed by atoms with Crippen LogP contribution >= 0.6 is 0 Å². The van der Waals surface area contributed by atoms with Crippen LogP contribution in [-0.2, 0) is 0 Å². The molecule has 6 heteroatoms. The van der Waals surface area contributed by atoms with Crippen molar-refractivity contribution in [3.63, 3.8) is 0 Å². The molecule has 160 valence electrons. The van der Waals surface area contributed by atoms with Crippen molar-refractivity contribution >= 4 is 11.9 Å². The summed E-state index contributed by atoms with van der Waals surface area (Å²) in [5.74, 6) is 28.6. The van der Waals surface area contributed by atoms with E-state index in [9.17, 15) is 4.79 Å². The van der Waals surface area contributed by atoms with Crippen molar-refractivity contribution in [1.82, 2.24) is 11.1 Å². The second-order valence-corrected chi connectivity index (χ2v) is 5.45. The Morgan fingerprint density at radius 3 is 1.74 bits per heavy atom. The molecule has 1 aliphatic rings. The highest BCUT2D eigenvalue weighted by atomic mass is 16.5. The predicted octanol–water partition coefficient (Wildman–Crippen LogP) is 2.53. The van der Waals surface area contributed by atoms with E-state index in [1.54, 1.807) is 42.8 Å². The van der Waals surface area contributed by atoms with E-state index in [4.69, 9.17) is 14.9 Å². The minimum absolute atomic E-state index is 0. The van der Waals surface area contributed by atoms with E-state index >= 15 is 0 Å². The summed E-state index contributed by atoms with van der Waals surface area (Å²) >= 11 is 0. The van der Waals surface area contributed by atoms with Crippen molar-refractivity contribution in [3.8, 4) is 89.0 Å². The van der Waals surface area contributed by atoms with Gasteiger partial charge in [-0.2, -0.15) is 0 Å². The van der Waals surface area contributed by atoms with Crippen LogP contribution < -0.4 is 10.9 Å². The number of aliphatic hydroxyl groups excluding tert-OH is 2. The van der Waals surface area contributed by atoms with Crippen molar-refractivity contribution in [1.29, 1.82) is 0 Å². The van der Waals surface area contributed by atoms with Gasteiger partial charge in [0.05, 0.1) is 5.56 Å². The average molecular weight is 442 g/mol. The van der Waals surface area contributed by atoms with Gasteiger partial charge in [0, 0.05) is 83.4 Å². The molecule has 0 unspecified atom stereocenters. The maximum atomic E-state index is 12.0. The van der Waals surface area contributed by atoms with Gasteiger partial charge < -0.3 is 21.1 Å². The number of benzene rings is 1. The summed E-state index contributed by atoms with van der Waals surface area (Å²) in [7, 11) is 0. The molecule has 34 heavy (non-hydrogen) atoms. The van der Waals surface area contributed by atoms with Gasteiger partial charge in [0.15, 0.2) is 5.76 Å². The van der Waals surface area contributed by atoms with Crippen molar-refractivity contribution < 1.29 is 19.7 Å². The number of Topliss-reactive ketones (excluding diaryl/α,β-unsaturated/α-hetero) is 1. The molecule has 0 amide bonds.